The number of hydrogen-bond acceptors (Lipinski definition) is 8. The maximum absolute atomic E-state index is 12.7. The minimum absolute atomic E-state index is 0.175. The number of carbonyl (C=O) groups excluding carboxylic acids is 1. The molecule has 0 saturated carbocycles. The molecule has 1 aliphatic heterocycles. The molecule has 28 heavy (non-hydrogen) atoms. The van der Waals surface area contributed by atoms with Crippen LogP contribution < -0.4 is 5.56 Å². The number of likely N-dealkylation sites (tertiary alicyclic amines) is 1. The molecule has 0 spiro atoms. The Morgan fingerprint density at radius 2 is 2.21 bits per heavy atom. The zero-order valence-electron chi connectivity index (χ0n) is 15.4. The van der Waals surface area contributed by atoms with Gasteiger partial charge in [0.05, 0.1) is 6.20 Å². The summed E-state index contributed by atoms with van der Waals surface area (Å²) in [5.74, 6) is 0.952. The first-order valence-corrected chi connectivity index (χ1v) is 9.03. The van der Waals surface area contributed by atoms with E-state index in [2.05, 4.69) is 25.2 Å². The summed E-state index contributed by atoms with van der Waals surface area (Å²) < 4.78 is 6.52. The normalized spacial score (nSPS) is 16.9. The third-order valence-electron chi connectivity index (χ3n) is 4.71. The molecule has 3 aromatic rings. The number of piperidine rings is 1. The second-order valence-electron chi connectivity index (χ2n) is 6.75. The van der Waals surface area contributed by atoms with Crippen LogP contribution in [0.5, 0.6) is 0 Å². The topological polar surface area (TPSA) is 120 Å². The highest BCUT2D eigenvalue weighted by Gasteiger charge is 2.27. The Balaban J connectivity index is 1.43. The lowest BCUT2D eigenvalue weighted by molar-refractivity contribution is 0.0659. The minimum Gasteiger partial charge on any atom is -0.339 e. The van der Waals surface area contributed by atoms with E-state index in [0.717, 1.165) is 12.8 Å². The third-order valence-corrected chi connectivity index (χ3v) is 4.71. The van der Waals surface area contributed by atoms with Crippen molar-refractivity contribution in [3.8, 4) is 11.5 Å². The molecule has 0 N–H and O–H groups in total. The van der Waals surface area contributed by atoms with Gasteiger partial charge in [-0.3, -0.25) is 14.6 Å². The van der Waals surface area contributed by atoms with Gasteiger partial charge >= 0.3 is 0 Å². The predicted octanol–water partition coefficient (Wildman–Crippen LogP) is 0.715. The lowest BCUT2D eigenvalue weighted by Gasteiger charge is -2.32. The highest BCUT2D eigenvalue weighted by molar-refractivity contribution is 5.92. The van der Waals surface area contributed by atoms with Gasteiger partial charge in [-0.05, 0) is 24.8 Å². The van der Waals surface area contributed by atoms with Gasteiger partial charge in [-0.25, -0.2) is 9.67 Å². The molecule has 1 saturated heterocycles. The molecule has 10 nitrogen and oxygen atoms in total. The SMILES string of the molecule is Cn1nc(C(=O)N2CCCC(Cc3nc(-c4cnccn4)no3)C2)ccc1=O. The van der Waals surface area contributed by atoms with Crippen molar-refractivity contribution in [1.82, 2.24) is 34.8 Å². The van der Waals surface area contributed by atoms with Crippen LogP contribution in [-0.4, -0.2) is 53.8 Å². The Bertz CT molecular complexity index is 1030. The second-order valence-corrected chi connectivity index (χ2v) is 6.75. The van der Waals surface area contributed by atoms with Gasteiger partial charge in [0.2, 0.25) is 11.7 Å². The molecule has 4 rings (SSSR count). The van der Waals surface area contributed by atoms with Crippen molar-refractivity contribution in [3.05, 3.63) is 52.7 Å². The molecule has 144 valence electrons. The first kappa shape index (κ1) is 18.0. The van der Waals surface area contributed by atoms with Gasteiger partial charge in [-0.1, -0.05) is 5.16 Å². The van der Waals surface area contributed by atoms with Crippen molar-refractivity contribution in [2.24, 2.45) is 13.0 Å². The van der Waals surface area contributed by atoms with E-state index in [4.69, 9.17) is 4.52 Å². The number of rotatable bonds is 4. The maximum Gasteiger partial charge on any atom is 0.274 e. The molecule has 1 aliphatic rings. The standard InChI is InChI=1S/C18H19N7O3/c1-24-16(26)5-4-13(22-24)18(27)25-8-2-3-12(11-25)9-15-21-17(23-28-15)14-10-19-6-7-20-14/h4-7,10,12H,2-3,8-9,11H2,1H3. The zero-order chi connectivity index (χ0) is 19.5. The van der Waals surface area contributed by atoms with Crippen LogP contribution in [0.2, 0.25) is 0 Å². The number of amides is 1. The first-order chi connectivity index (χ1) is 13.6. The molecule has 0 aliphatic carbocycles. The molecule has 1 unspecified atom stereocenters. The molecule has 1 fully saturated rings. The average Bonchev–Trinajstić information content (AvgIpc) is 3.19. The molecule has 1 amide bonds. The van der Waals surface area contributed by atoms with Crippen LogP contribution in [0.15, 0.2) is 40.0 Å². The van der Waals surface area contributed by atoms with Gasteiger partial charge in [-0.2, -0.15) is 10.1 Å². The number of carbonyl (C=O) groups is 1. The van der Waals surface area contributed by atoms with E-state index in [0.29, 0.717) is 36.9 Å². The average molecular weight is 381 g/mol. The van der Waals surface area contributed by atoms with Crippen molar-refractivity contribution in [2.75, 3.05) is 13.1 Å². The Hall–Kier alpha value is -3.43. The summed E-state index contributed by atoms with van der Waals surface area (Å²) in [5.41, 5.74) is 0.576. The maximum atomic E-state index is 12.7. The first-order valence-electron chi connectivity index (χ1n) is 9.03. The summed E-state index contributed by atoms with van der Waals surface area (Å²) in [6.45, 7) is 1.24. The molecule has 0 radical (unpaired) electrons. The molecule has 0 bridgehead atoms. The van der Waals surface area contributed by atoms with Crippen molar-refractivity contribution < 1.29 is 9.32 Å². The molecular formula is C18H19N7O3. The van der Waals surface area contributed by atoms with Gasteiger partial charge in [0.15, 0.2) is 0 Å². The van der Waals surface area contributed by atoms with Crippen LogP contribution in [-0.2, 0) is 13.5 Å². The fraction of sp³-hybridized carbons (Fsp3) is 0.389. The van der Waals surface area contributed by atoms with Gasteiger partial charge < -0.3 is 9.42 Å². The number of aromatic nitrogens is 6. The zero-order valence-corrected chi connectivity index (χ0v) is 15.4. The van der Waals surface area contributed by atoms with Crippen LogP contribution in [0, 0.1) is 5.92 Å². The van der Waals surface area contributed by atoms with Crippen LogP contribution in [0.4, 0.5) is 0 Å². The van der Waals surface area contributed by atoms with Crippen molar-refractivity contribution in [3.63, 3.8) is 0 Å². The minimum atomic E-state index is -0.247. The van der Waals surface area contributed by atoms with Crippen LogP contribution in [0.1, 0.15) is 29.2 Å². The predicted molar refractivity (Wildman–Crippen MR) is 97.1 cm³/mol. The molecule has 0 aromatic carbocycles. The van der Waals surface area contributed by atoms with E-state index in [1.165, 1.54) is 23.9 Å². The summed E-state index contributed by atoms with van der Waals surface area (Å²) in [7, 11) is 1.53. The molecule has 1 atom stereocenters. The Morgan fingerprint density at radius 1 is 1.32 bits per heavy atom. The molecule has 3 aromatic heterocycles. The van der Waals surface area contributed by atoms with E-state index in [1.54, 1.807) is 23.5 Å². The van der Waals surface area contributed by atoms with Crippen molar-refractivity contribution >= 4 is 5.91 Å². The molecule has 10 heteroatoms. The quantitative estimate of drug-likeness (QED) is 0.648. The van der Waals surface area contributed by atoms with Crippen LogP contribution in [0.25, 0.3) is 11.5 Å². The Labute approximate surface area is 160 Å². The smallest absolute Gasteiger partial charge is 0.274 e. The Kier molecular flexibility index (Phi) is 4.92. The van der Waals surface area contributed by atoms with Crippen LogP contribution >= 0.6 is 0 Å². The second kappa shape index (κ2) is 7.67. The summed E-state index contributed by atoms with van der Waals surface area (Å²) >= 11 is 0. The van der Waals surface area contributed by atoms with E-state index < -0.39 is 0 Å². The van der Waals surface area contributed by atoms with Gasteiger partial charge in [-0.15, -0.1) is 0 Å². The summed E-state index contributed by atoms with van der Waals surface area (Å²) in [5, 5.41) is 8.01. The van der Waals surface area contributed by atoms with Gasteiger partial charge in [0.1, 0.15) is 11.4 Å². The molecule has 4 heterocycles. The van der Waals surface area contributed by atoms with Crippen LogP contribution in [0.3, 0.4) is 0 Å². The van der Waals surface area contributed by atoms with Crippen molar-refractivity contribution in [1.29, 1.82) is 0 Å². The summed E-state index contributed by atoms with van der Waals surface area (Å²) in [6, 6.07) is 2.83. The van der Waals surface area contributed by atoms with E-state index in [9.17, 15) is 9.59 Å². The fourth-order valence-corrected chi connectivity index (χ4v) is 3.30. The van der Waals surface area contributed by atoms with Gasteiger partial charge in [0.25, 0.3) is 11.5 Å². The van der Waals surface area contributed by atoms with E-state index >= 15 is 0 Å². The summed E-state index contributed by atoms with van der Waals surface area (Å²) in [6.07, 6.45) is 7.16. The van der Waals surface area contributed by atoms with E-state index in [1.807, 2.05) is 0 Å². The Morgan fingerprint density at radius 3 is 3.00 bits per heavy atom. The highest BCUT2D eigenvalue weighted by atomic mass is 16.5. The summed E-state index contributed by atoms with van der Waals surface area (Å²) in [4.78, 5) is 38.5. The van der Waals surface area contributed by atoms with E-state index in [-0.39, 0.29) is 23.1 Å². The number of nitrogens with zero attached hydrogens (tertiary/aromatic N) is 7. The lowest BCUT2D eigenvalue weighted by Crippen LogP contribution is -2.41. The van der Waals surface area contributed by atoms with Gasteiger partial charge in [0, 0.05) is 45.0 Å². The third kappa shape index (κ3) is 3.80. The fourth-order valence-electron chi connectivity index (χ4n) is 3.30. The number of aryl methyl sites for hydroxylation is 1. The molecular weight excluding hydrogens is 362 g/mol. The monoisotopic (exact) mass is 381 g/mol. The van der Waals surface area contributed by atoms with Crippen molar-refractivity contribution in [2.45, 2.75) is 19.3 Å². The lowest BCUT2D eigenvalue weighted by atomic mass is 9.94. The number of hydrogen-bond donors (Lipinski definition) is 0. The largest absolute Gasteiger partial charge is 0.339 e. The highest BCUT2D eigenvalue weighted by Crippen LogP contribution is 2.22.